The quantitative estimate of drug-likeness (QED) is 0.900. The van der Waals surface area contributed by atoms with E-state index in [2.05, 4.69) is 4.72 Å². The molecule has 1 N–H and O–H groups in total. The van der Waals surface area contributed by atoms with E-state index in [1.807, 2.05) is 32.9 Å². The fraction of sp³-hybridized carbons (Fsp3) is 0.533. The van der Waals surface area contributed by atoms with Crippen molar-refractivity contribution in [1.29, 1.82) is 0 Å². The molecule has 1 aromatic carbocycles. The van der Waals surface area contributed by atoms with Gasteiger partial charge in [0.2, 0.25) is 15.9 Å². The van der Waals surface area contributed by atoms with Crippen molar-refractivity contribution in [3.63, 3.8) is 0 Å². The van der Waals surface area contributed by atoms with E-state index in [-0.39, 0.29) is 29.2 Å². The van der Waals surface area contributed by atoms with Crippen molar-refractivity contribution in [1.82, 2.24) is 9.62 Å². The highest BCUT2D eigenvalue weighted by atomic mass is 32.2. The number of sulfonamides is 1. The molecule has 21 heavy (non-hydrogen) atoms. The van der Waals surface area contributed by atoms with Crippen molar-refractivity contribution in [2.24, 2.45) is 0 Å². The predicted octanol–water partition coefficient (Wildman–Crippen LogP) is 1.74. The van der Waals surface area contributed by atoms with Gasteiger partial charge in [0.05, 0.1) is 4.90 Å². The highest BCUT2D eigenvalue weighted by Crippen LogP contribution is 2.28. The lowest BCUT2D eigenvalue weighted by Crippen LogP contribution is -2.31. The van der Waals surface area contributed by atoms with E-state index in [1.54, 1.807) is 26.2 Å². The Morgan fingerprint density at radius 3 is 2.29 bits per heavy atom. The van der Waals surface area contributed by atoms with E-state index >= 15 is 0 Å². The number of nitrogens with one attached hydrogen (secondary N) is 1. The van der Waals surface area contributed by atoms with Gasteiger partial charge in [-0.2, -0.15) is 0 Å². The Balaban J connectivity index is 2.92. The van der Waals surface area contributed by atoms with Gasteiger partial charge in [0.15, 0.2) is 0 Å². The van der Waals surface area contributed by atoms with E-state index in [4.69, 9.17) is 0 Å². The van der Waals surface area contributed by atoms with Crippen molar-refractivity contribution in [2.45, 2.75) is 37.5 Å². The third-order valence-corrected chi connectivity index (χ3v) is 4.63. The monoisotopic (exact) mass is 312 g/mol. The van der Waals surface area contributed by atoms with E-state index < -0.39 is 10.0 Å². The second-order valence-electron chi connectivity index (χ2n) is 6.18. The average molecular weight is 312 g/mol. The van der Waals surface area contributed by atoms with Crippen LogP contribution < -0.4 is 4.72 Å². The number of carbonyl (C=O) groups excluding carboxylic acids is 1. The summed E-state index contributed by atoms with van der Waals surface area (Å²) in [5.41, 5.74) is 0.488. The molecule has 0 radical (unpaired) electrons. The maximum atomic E-state index is 12.4. The van der Waals surface area contributed by atoms with Gasteiger partial charge in [-0.15, -0.1) is 0 Å². The molecule has 0 atom stereocenters. The Morgan fingerprint density at radius 2 is 1.76 bits per heavy atom. The van der Waals surface area contributed by atoms with E-state index in [0.717, 1.165) is 5.56 Å². The minimum absolute atomic E-state index is 0.0951. The first-order chi connectivity index (χ1) is 9.55. The average Bonchev–Trinajstić information content (AvgIpc) is 2.37. The second-order valence-corrected chi connectivity index (χ2v) is 7.92. The molecule has 0 bridgehead atoms. The van der Waals surface area contributed by atoms with Crippen LogP contribution >= 0.6 is 0 Å². The van der Waals surface area contributed by atoms with Crippen LogP contribution in [0, 0.1) is 0 Å². The molecule has 0 unspecified atom stereocenters. The van der Waals surface area contributed by atoms with Gasteiger partial charge < -0.3 is 4.90 Å². The van der Waals surface area contributed by atoms with Gasteiger partial charge in [-0.25, -0.2) is 13.1 Å². The van der Waals surface area contributed by atoms with Crippen LogP contribution in [0.2, 0.25) is 0 Å². The summed E-state index contributed by atoms with van der Waals surface area (Å²) in [6.45, 7) is 6.00. The smallest absolute Gasteiger partial charge is 0.240 e. The van der Waals surface area contributed by atoms with Crippen LogP contribution in [-0.2, 0) is 20.2 Å². The summed E-state index contributed by atoms with van der Waals surface area (Å²) in [7, 11) is -0.327. The summed E-state index contributed by atoms with van der Waals surface area (Å²) in [5, 5.41) is 0. The zero-order chi connectivity index (χ0) is 16.3. The SMILES string of the molecule is CN(C)C(=O)CCNS(=O)(=O)c1ccccc1C(C)(C)C. The van der Waals surface area contributed by atoms with Crippen LogP contribution in [0.3, 0.4) is 0 Å². The van der Waals surface area contributed by atoms with Gasteiger partial charge in [0, 0.05) is 27.1 Å². The van der Waals surface area contributed by atoms with Gasteiger partial charge in [0.1, 0.15) is 0 Å². The summed E-state index contributed by atoms with van der Waals surface area (Å²) in [5.74, 6) is -0.109. The van der Waals surface area contributed by atoms with Crippen LogP contribution in [0.5, 0.6) is 0 Å². The van der Waals surface area contributed by atoms with E-state index in [1.165, 1.54) is 4.90 Å². The fourth-order valence-corrected chi connectivity index (χ4v) is 3.36. The molecular formula is C15H24N2O3S. The molecule has 1 aromatic rings. The Hall–Kier alpha value is -1.40. The minimum atomic E-state index is -3.62. The van der Waals surface area contributed by atoms with E-state index in [9.17, 15) is 13.2 Å². The molecule has 0 heterocycles. The summed E-state index contributed by atoms with van der Waals surface area (Å²) in [4.78, 5) is 13.2. The molecule has 1 amide bonds. The molecule has 5 nitrogen and oxygen atoms in total. The van der Waals surface area contributed by atoms with Crippen molar-refractivity contribution < 1.29 is 13.2 Å². The van der Waals surface area contributed by atoms with Crippen LogP contribution in [0.1, 0.15) is 32.8 Å². The summed E-state index contributed by atoms with van der Waals surface area (Å²) < 4.78 is 27.3. The first-order valence-electron chi connectivity index (χ1n) is 6.85. The zero-order valence-electron chi connectivity index (χ0n) is 13.3. The topological polar surface area (TPSA) is 66.5 Å². The first kappa shape index (κ1) is 17.7. The molecule has 0 saturated carbocycles. The molecule has 6 heteroatoms. The third-order valence-electron chi connectivity index (χ3n) is 3.11. The van der Waals surface area contributed by atoms with Crippen LogP contribution in [0.4, 0.5) is 0 Å². The maximum absolute atomic E-state index is 12.4. The number of benzene rings is 1. The lowest BCUT2D eigenvalue weighted by Gasteiger charge is -2.22. The van der Waals surface area contributed by atoms with Crippen molar-refractivity contribution in [2.75, 3.05) is 20.6 Å². The van der Waals surface area contributed by atoms with Gasteiger partial charge in [0.25, 0.3) is 0 Å². The lowest BCUT2D eigenvalue weighted by molar-refractivity contribution is -0.128. The zero-order valence-corrected chi connectivity index (χ0v) is 14.1. The van der Waals surface area contributed by atoms with Crippen LogP contribution in [0.15, 0.2) is 29.2 Å². The summed E-state index contributed by atoms with van der Waals surface area (Å²) >= 11 is 0. The number of amides is 1. The molecule has 0 fully saturated rings. The number of hydrogen-bond acceptors (Lipinski definition) is 3. The highest BCUT2D eigenvalue weighted by Gasteiger charge is 2.25. The molecule has 0 saturated heterocycles. The molecule has 0 aliphatic carbocycles. The number of nitrogens with zero attached hydrogens (tertiary/aromatic N) is 1. The molecule has 0 aliphatic heterocycles. The maximum Gasteiger partial charge on any atom is 0.240 e. The Labute approximate surface area is 127 Å². The van der Waals surface area contributed by atoms with Gasteiger partial charge in [-0.1, -0.05) is 39.0 Å². The number of hydrogen-bond donors (Lipinski definition) is 1. The summed E-state index contributed by atoms with van der Waals surface area (Å²) in [6, 6.07) is 6.94. The van der Waals surface area contributed by atoms with Gasteiger partial charge in [-0.3, -0.25) is 4.79 Å². The Morgan fingerprint density at radius 1 is 1.19 bits per heavy atom. The minimum Gasteiger partial charge on any atom is -0.349 e. The molecule has 0 spiro atoms. The van der Waals surface area contributed by atoms with E-state index in [0.29, 0.717) is 0 Å². The van der Waals surface area contributed by atoms with Crippen molar-refractivity contribution >= 4 is 15.9 Å². The number of rotatable bonds is 5. The lowest BCUT2D eigenvalue weighted by atomic mass is 9.87. The van der Waals surface area contributed by atoms with Crippen molar-refractivity contribution in [3.8, 4) is 0 Å². The third kappa shape index (κ3) is 4.82. The highest BCUT2D eigenvalue weighted by molar-refractivity contribution is 7.89. The van der Waals surface area contributed by atoms with Gasteiger partial charge in [-0.05, 0) is 17.0 Å². The van der Waals surface area contributed by atoms with Crippen molar-refractivity contribution in [3.05, 3.63) is 29.8 Å². The largest absolute Gasteiger partial charge is 0.349 e. The van der Waals surface area contributed by atoms with Gasteiger partial charge >= 0.3 is 0 Å². The number of carbonyl (C=O) groups is 1. The predicted molar refractivity (Wildman–Crippen MR) is 83.6 cm³/mol. The first-order valence-corrected chi connectivity index (χ1v) is 8.33. The molecule has 0 aliphatic rings. The molecular weight excluding hydrogens is 288 g/mol. The van der Waals surface area contributed by atoms with Crippen LogP contribution in [-0.4, -0.2) is 39.9 Å². The second kappa shape index (κ2) is 6.58. The summed E-state index contributed by atoms with van der Waals surface area (Å²) in [6.07, 6.45) is 0.143. The molecule has 0 aromatic heterocycles. The standard InChI is InChI=1S/C15H24N2O3S/c1-15(2,3)12-8-6-7-9-13(12)21(19,20)16-11-10-14(18)17(4)5/h6-9,16H,10-11H2,1-5H3. The molecule has 118 valence electrons. The van der Waals surface area contributed by atoms with Crippen LogP contribution in [0.25, 0.3) is 0 Å². The fourth-order valence-electron chi connectivity index (χ4n) is 1.91. The Bertz CT molecular complexity index is 602. The normalized spacial score (nSPS) is 12.2. The Kier molecular flexibility index (Phi) is 5.53. The molecule has 1 rings (SSSR count).